The van der Waals surface area contributed by atoms with Crippen LogP contribution >= 0.6 is 0 Å². The van der Waals surface area contributed by atoms with Crippen LogP contribution in [0.25, 0.3) is 90.3 Å². The van der Waals surface area contributed by atoms with Gasteiger partial charge in [0, 0.05) is 44.4 Å². The van der Waals surface area contributed by atoms with Crippen molar-refractivity contribution in [3.8, 4) is 90.3 Å². The highest BCUT2D eigenvalue weighted by molar-refractivity contribution is 5.96. The van der Waals surface area contributed by atoms with Crippen LogP contribution in [0.1, 0.15) is 25.0 Å². The zero-order valence-corrected chi connectivity index (χ0v) is 31.6. The molecule has 0 unspecified atom stereocenters. The molecule has 0 saturated carbocycles. The van der Waals surface area contributed by atoms with Gasteiger partial charge in [0.15, 0.2) is 17.5 Å². The first-order valence-corrected chi connectivity index (χ1v) is 19.3. The average Bonchev–Trinajstić information content (AvgIpc) is 3.53. The van der Waals surface area contributed by atoms with E-state index < -0.39 is 0 Å². The minimum Gasteiger partial charge on any atom is -0.243 e. The first kappa shape index (κ1) is 34.1. The topological polar surface area (TPSA) is 64.5 Å². The number of fused-ring (bicyclic) bond motifs is 3. The Morgan fingerprint density at radius 2 is 0.684 bits per heavy atom. The Bertz CT molecular complexity index is 2850. The van der Waals surface area contributed by atoms with Crippen LogP contribution in [0.5, 0.6) is 0 Å². The molecule has 5 heteroatoms. The second kappa shape index (κ2) is 14.0. The normalized spacial score (nSPS) is 12.5. The molecule has 270 valence electrons. The summed E-state index contributed by atoms with van der Waals surface area (Å²) in [7, 11) is 0. The zero-order chi connectivity index (χ0) is 38.3. The average molecular weight is 732 g/mol. The van der Waals surface area contributed by atoms with Crippen LogP contribution in [-0.2, 0) is 5.41 Å². The molecule has 1 aliphatic rings. The predicted molar refractivity (Wildman–Crippen MR) is 231 cm³/mol. The summed E-state index contributed by atoms with van der Waals surface area (Å²) < 4.78 is 0. The summed E-state index contributed by atoms with van der Waals surface area (Å²) >= 11 is 0. The van der Waals surface area contributed by atoms with Gasteiger partial charge < -0.3 is 0 Å². The maximum absolute atomic E-state index is 5.67. The van der Waals surface area contributed by atoms with Crippen LogP contribution in [0.15, 0.2) is 188 Å². The standard InChI is InChI=1S/C52H37N5/c1-52(2)42-31-16-15-29-40(42)44-41(30-18-32-43(44)52)48-46(35-21-9-4-10-22-35)53-47(45(54-48)34-19-7-3-8-20-34)38-27-17-28-39(33-38)51-56-49(36-23-11-5-12-24-36)55-50(57-51)37-25-13-6-14-26-37/h3-33H,1-2H3. The fourth-order valence-corrected chi connectivity index (χ4v) is 8.11. The van der Waals surface area contributed by atoms with E-state index >= 15 is 0 Å². The highest BCUT2D eigenvalue weighted by Crippen LogP contribution is 2.53. The van der Waals surface area contributed by atoms with Gasteiger partial charge in [-0.2, -0.15) is 0 Å². The van der Waals surface area contributed by atoms with E-state index in [4.69, 9.17) is 24.9 Å². The Hall–Kier alpha value is -7.37. The van der Waals surface area contributed by atoms with Gasteiger partial charge >= 0.3 is 0 Å². The van der Waals surface area contributed by atoms with Crippen LogP contribution in [0.2, 0.25) is 0 Å². The van der Waals surface area contributed by atoms with E-state index in [0.29, 0.717) is 17.5 Å². The molecule has 0 spiro atoms. The molecule has 0 N–H and O–H groups in total. The molecule has 9 aromatic rings. The van der Waals surface area contributed by atoms with E-state index in [0.717, 1.165) is 61.7 Å². The van der Waals surface area contributed by atoms with E-state index in [9.17, 15) is 0 Å². The first-order chi connectivity index (χ1) is 28.0. The largest absolute Gasteiger partial charge is 0.243 e. The van der Waals surface area contributed by atoms with Crippen molar-refractivity contribution in [2.75, 3.05) is 0 Å². The fraction of sp³-hybridized carbons (Fsp3) is 0.0577. The van der Waals surface area contributed by atoms with Crippen molar-refractivity contribution in [1.29, 1.82) is 0 Å². The number of benzene rings is 7. The van der Waals surface area contributed by atoms with Gasteiger partial charge in [0.2, 0.25) is 0 Å². The molecule has 0 atom stereocenters. The Kier molecular flexibility index (Phi) is 8.41. The van der Waals surface area contributed by atoms with Crippen molar-refractivity contribution in [3.05, 3.63) is 199 Å². The van der Waals surface area contributed by atoms with E-state index in [-0.39, 0.29) is 5.41 Å². The molecule has 0 radical (unpaired) electrons. The number of aromatic nitrogens is 5. The molecule has 1 aliphatic carbocycles. The molecule has 57 heavy (non-hydrogen) atoms. The molecule has 7 aromatic carbocycles. The van der Waals surface area contributed by atoms with Crippen LogP contribution in [-0.4, -0.2) is 24.9 Å². The third kappa shape index (κ3) is 6.10. The van der Waals surface area contributed by atoms with Gasteiger partial charge in [-0.05, 0) is 28.3 Å². The molecule has 5 nitrogen and oxygen atoms in total. The second-order valence-corrected chi connectivity index (χ2v) is 14.9. The molecule has 0 aliphatic heterocycles. The third-order valence-corrected chi connectivity index (χ3v) is 10.9. The van der Waals surface area contributed by atoms with Gasteiger partial charge in [-0.3, -0.25) is 0 Å². The number of hydrogen-bond donors (Lipinski definition) is 0. The lowest BCUT2D eigenvalue weighted by Crippen LogP contribution is -2.14. The summed E-state index contributed by atoms with van der Waals surface area (Å²) in [5.74, 6) is 1.82. The molecular formula is C52H37N5. The van der Waals surface area contributed by atoms with E-state index in [1.54, 1.807) is 0 Å². The predicted octanol–water partition coefficient (Wildman–Crippen LogP) is 12.6. The quantitative estimate of drug-likeness (QED) is 0.163. The Labute approximate surface area is 332 Å². The Morgan fingerprint density at radius 3 is 1.28 bits per heavy atom. The summed E-state index contributed by atoms with van der Waals surface area (Å²) in [4.78, 5) is 26.3. The van der Waals surface area contributed by atoms with Crippen molar-refractivity contribution >= 4 is 0 Å². The SMILES string of the molecule is CC1(C)c2ccccc2-c2c(-c3nc(-c4ccccc4)c(-c4cccc(-c5nc(-c6ccccc6)nc(-c6ccccc6)n5)c4)nc3-c3ccccc3)cccc21. The van der Waals surface area contributed by atoms with Crippen molar-refractivity contribution in [2.45, 2.75) is 19.3 Å². The lowest BCUT2D eigenvalue weighted by Gasteiger charge is -2.22. The summed E-state index contributed by atoms with van der Waals surface area (Å²) in [5.41, 5.74) is 14.8. The third-order valence-electron chi connectivity index (χ3n) is 10.9. The van der Waals surface area contributed by atoms with Gasteiger partial charge in [-0.1, -0.05) is 196 Å². The number of hydrogen-bond acceptors (Lipinski definition) is 5. The molecule has 2 aromatic heterocycles. The molecule has 0 saturated heterocycles. The lowest BCUT2D eigenvalue weighted by atomic mass is 9.82. The molecule has 0 fully saturated rings. The fourth-order valence-electron chi connectivity index (χ4n) is 8.11. The van der Waals surface area contributed by atoms with Crippen molar-refractivity contribution < 1.29 is 0 Å². The van der Waals surface area contributed by atoms with Gasteiger partial charge in [-0.15, -0.1) is 0 Å². The van der Waals surface area contributed by atoms with E-state index in [2.05, 4.69) is 129 Å². The molecule has 2 heterocycles. The highest BCUT2D eigenvalue weighted by Gasteiger charge is 2.37. The van der Waals surface area contributed by atoms with Crippen molar-refractivity contribution in [1.82, 2.24) is 24.9 Å². The van der Waals surface area contributed by atoms with E-state index in [1.807, 2.05) is 72.8 Å². The monoisotopic (exact) mass is 731 g/mol. The minimum atomic E-state index is -0.152. The first-order valence-electron chi connectivity index (χ1n) is 19.3. The van der Waals surface area contributed by atoms with Crippen LogP contribution < -0.4 is 0 Å². The molecule has 0 bridgehead atoms. The summed E-state index contributed by atoms with van der Waals surface area (Å²) in [5, 5.41) is 0. The Morgan fingerprint density at radius 1 is 0.298 bits per heavy atom. The van der Waals surface area contributed by atoms with Crippen LogP contribution in [0, 0.1) is 0 Å². The second-order valence-electron chi connectivity index (χ2n) is 14.9. The molecule has 0 amide bonds. The Balaban J connectivity index is 1.21. The minimum absolute atomic E-state index is 0.152. The van der Waals surface area contributed by atoms with Gasteiger partial charge in [0.25, 0.3) is 0 Å². The molecule has 10 rings (SSSR count). The smallest absolute Gasteiger partial charge is 0.164 e. The number of rotatable bonds is 7. The lowest BCUT2D eigenvalue weighted by molar-refractivity contribution is 0.660. The maximum Gasteiger partial charge on any atom is 0.164 e. The summed E-state index contributed by atoms with van der Waals surface area (Å²) in [6.07, 6.45) is 0. The van der Waals surface area contributed by atoms with Crippen LogP contribution in [0.3, 0.4) is 0 Å². The van der Waals surface area contributed by atoms with Crippen molar-refractivity contribution in [3.63, 3.8) is 0 Å². The van der Waals surface area contributed by atoms with Gasteiger partial charge in [-0.25, -0.2) is 24.9 Å². The zero-order valence-electron chi connectivity index (χ0n) is 31.6. The van der Waals surface area contributed by atoms with Gasteiger partial charge in [0.1, 0.15) is 0 Å². The summed E-state index contributed by atoms with van der Waals surface area (Å²) in [6.45, 7) is 4.63. The van der Waals surface area contributed by atoms with Crippen LogP contribution in [0.4, 0.5) is 0 Å². The van der Waals surface area contributed by atoms with E-state index in [1.165, 1.54) is 22.3 Å². The van der Waals surface area contributed by atoms with Gasteiger partial charge in [0.05, 0.1) is 22.8 Å². The highest BCUT2D eigenvalue weighted by atomic mass is 15.0. The summed E-state index contributed by atoms with van der Waals surface area (Å²) in [6, 6.07) is 64.7. The maximum atomic E-state index is 5.67. The number of nitrogens with zero attached hydrogens (tertiary/aromatic N) is 5. The van der Waals surface area contributed by atoms with Crippen molar-refractivity contribution in [2.24, 2.45) is 0 Å². The molecular weight excluding hydrogens is 695 g/mol.